The van der Waals surface area contributed by atoms with Crippen molar-refractivity contribution in [3.63, 3.8) is 0 Å². The minimum Gasteiger partial charge on any atom is -0.504 e. The van der Waals surface area contributed by atoms with Gasteiger partial charge in [-0.25, -0.2) is 4.98 Å². The van der Waals surface area contributed by atoms with Gasteiger partial charge in [0.25, 0.3) is 0 Å². The van der Waals surface area contributed by atoms with E-state index in [0.717, 1.165) is 5.56 Å². The van der Waals surface area contributed by atoms with Gasteiger partial charge in [-0.2, -0.15) is 0 Å². The van der Waals surface area contributed by atoms with Crippen LogP contribution >= 0.6 is 0 Å². The number of pyridine rings is 1. The van der Waals surface area contributed by atoms with Gasteiger partial charge in [0.2, 0.25) is 5.75 Å². The van der Waals surface area contributed by atoms with Crippen molar-refractivity contribution in [3.8, 4) is 28.5 Å². The van der Waals surface area contributed by atoms with Crippen molar-refractivity contribution in [2.24, 2.45) is 0 Å². The summed E-state index contributed by atoms with van der Waals surface area (Å²) in [4.78, 5) is 4.57. The van der Waals surface area contributed by atoms with Gasteiger partial charge in [0.1, 0.15) is 17.2 Å². The molecular weight excluding hydrogens is 330 g/mol. The molecule has 6 heteroatoms. The Labute approximate surface area is 149 Å². The smallest absolute Gasteiger partial charge is 0.200 e. The lowest BCUT2D eigenvalue weighted by molar-refractivity contribution is 0.369. The minimum atomic E-state index is -0.562. The van der Waals surface area contributed by atoms with Crippen LogP contribution in [0.5, 0.6) is 17.2 Å². The molecule has 0 bridgehead atoms. The van der Waals surface area contributed by atoms with Crippen LogP contribution in [0, 0.1) is 0 Å². The van der Waals surface area contributed by atoms with Gasteiger partial charge in [0.15, 0.2) is 11.5 Å². The maximum absolute atomic E-state index is 10.3. The van der Waals surface area contributed by atoms with Gasteiger partial charge in [-0.15, -0.1) is 0 Å². The number of nitrogens with zero attached hydrogens (tertiary/aromatic N) is 2. The lowest BCUT2D eigenvalue weighted by Crippen LogP contribution is -2.03. The summed E-state index contributed by atoms with van der Waals surface area (Å²) in [5, 5.41) is 33.1. The highest BCUT2D eigenvalue weighted by molar-refractivity contribution is 5.82. The summed E-state index contributed by atoms with van der Waals surface area (Å²) < 4.78 is 1.88. The summed E-state index contributed by atoms with van der Waals surface area (Å²) in [6.07, 6.45) is 1.87. The van der Waals surface area contributed by atoms with E-state index in [1.165, 1.54) is 12.1 Å². The van der Waals surface area contributed by atoms with Crippen molar-refractivity contribution in [1.29, 1.82) is 0 Å². The maximum atomic E-state index is 10.3. The average Bonchev–Trinajstić information content (AvgIpc) is 3.04. The predicted octanol–water partition coefficient (Wildman–Crippen LogP) is 3.73. The lowest BCUT2D eigenvalue weighted by Gasteiger charge is -2.11. The zero-order valence-corrected chi connectivity index (χ0v) is 13.8. The van der Waals surface area contributed by atoms with Crippen LogP contribution in [0.15, 0.2) is 66.9 Å². The highest BCUT2D eigenvalue weighted by atomic mass is 16.3. The Kier molecular flexibility index (Phi) is 3.85. The van der Waals surface area contributed by atoms with Gasteiger partial charge in [-0.05, 0) is 29.8 Å². The molecule has 0 aliphatic carbocycles. The number of hydrogen-bond acceptors (Lipinski definition) is 5. The Balaban J connectivity index is 1.83. The molecule has 0 spiro atoms. The zero-order chi connectivity index (χ0) is 18.1. The first-order valence-corrected chi connectivity index (χ1v) is 8.14. The second-order valence-electron chi connectivity index (χ2n) is 5.91. The van der Waals surface area contributed by atoms with Gasteiger partial charge in [-0.1, -0.05) is 36.4 Å². The average molecular weight is 347 g/mol. The van der Waals surface area contributed by atoms with Crippen LogP contribution in [0.25, 0.3) is 16.9 Å². The first-order chi connectivity index (χ1) is 12.6. The largest absolute Gasteiger partial charge is 0.504 e. The summed E-state index contributed by atoms with van der Waals surface area (Å²) >= 11 is 0. The van der Waals surface area contributed by atoms with Crippen molar-refractivity contribution in [2.45, 2.75) is 6.54 Å². The van der Waals surface area contributed by atoms with Gasteiger partial charge in [0, 0.05) is 18.3 Å². The zero-order valence-electron chi connectivity index (χ0n) is 13.8. The molecule has 2 aromatic heterocycles. The second kappa shape index (κ2) is 6.33. The molecule has 0 unspecified atom stereocenters. The first kappa shape index (κ1) is 15.8. The molecule has 130 valence electrons. The number of aromatic nitrogens is 2. The van der Waals surface area contributed by atoms with Crippen molar-refractivity contribution in [2.75, 3.05) is 5.32 Å². The summed E-state index contributed by atoms with van der Waals surface area (Å²) in [6, 6.07) is 18.4. The quantitative estimate of drug-likeness (QED) is 0.422. The molecule has 0 aliphatic heterocycles. The van der Waals surface area contributed by atoms with E-state index in [-0.39, 0.29) is 5.75 Å². The third-order valence-corrected chi connectivity index (χ3v) is 4.22. The summed E-state index contributed by atoms with van der Waals surface area (Å²) in [5.74, 6) is -0.664. The Morgan fingerprint density at radius 3 is 2.42 bits per heavy atom. The normalized spacial score (nSPS) is 10.9. The van der Waals surface area contributed by atoms with E-state index in [1.54, 1.807) is 0 Å². The van der Waals surface area contributed by atoms with Crippen LogP contribution in [-0.2, 0) is 6.54 Å². The van der Waals surface area contributed by atoms with Crippen molar-refractivity contribution in [1.82, 2.24) is 9.38 Å². The lowest BCUT2D eigenvalue weighted by atomic mass is 10.1. The highest BCUT2D eigenvalue weighted by Gasteiger charge is 2.20. The van der Waals surface area contributed by atoms with Gasteiger partial charge in [0.05, 0.1) is 0 Å². The van der Waals surface area contributed by atoms with Crippen LogP contribution in [0.4, 0.5) is 5.82 Å². The Hall–Kier alpha value is -3.67. The van der Waals surface area contributed by atoms with E-state index in [9.17, 15) is 15.3 Å². The van der Waals surface area contributed by atoms with Gasteiger partial charge < -0.3 is 20.6 Å². The van der Waals surface area contributed by atoms with E-state index in [2.05, 4.69) is 10.3 Å². The Morgan fingerprint density at radius 1 is 0.846 bits per heavy atom. The molecule has 4 N–H and O–H groups in total. The van der Waals surface area contributed by atoms with Crippen LogP contribution in [-0.4, -0.2) is 24.7 Å². The SMILES string of the molecule is Oc1ccc(-c2nc3ccccn3c2NCc2ccccc2)c(O)c1O. The number of nitrogens with one attached hydrogen (secondary N) is 1. The molecule has 4 aromatic rings. The van der Waals surface area contributed by atoms with Crippen molar-refractivity contribution < 1.29 is 15.3 Å². The van der Waals surface area contributed by atoms with E-state index >= 15 is 0 Å². The predicted molar refractivity (Wildman–Crippen MR) is 99.4 cm³/mol. The molecule has 0 atom stereocenters. The highest BCUT2D eigenvalue weighted by Crippen LogP contribution is 2.44. The molecule has 4 rings (SSSR count). The number of hydrogen-bond donors (Lipinski definition) is 4. The maximum Gasteiger partial charge on any atom is 0.200 e. The molecule has 26 heavy (non-hydrogen) atoms. The summed E-state index contributed by atoms with van der Waals surface area (Å²) in [5.41, 5.74) is 2.62. The minimum absolute atomic E-state index is 0.333. The van der Waals surface area contributed by atoms with Gasteiger partial charge >= 0.3 is 0 Å². The number of imidazole rings is 1. The number of anilines is 1. The fourth-order valence-electron chi connectivity index (χ4n) is 2.89. The first-order valence-electron chi connectivity index (χ1n) is 8.14. The van der Waals surface area contributed by atoms with Crippen LogP contribution in [0.1, 0.15) is 5.56 Å². The molecule has 0 amide bonds. The van der Waals surface area contributed by atoms with Crippen molar-refractivity contribution >= 4 is 11.5 Å². The molecule has 0 fully saturated rings. The van der Waals surface area contributed by atoms with E-state index in [1.807, 2.05) is 59.1 Å². The molecule has 0 saturated heterocycles. The molecule has 0 saturated carbocycles. The van der Waals surface area contributed by atoms with Crippen LogP contribution in [0.3, 0.4) is 0 Å². The number of fused-ring (bicyclic) bond motifs is 1. The summed E-state index contributed by atoms with van der Waals surface area (Å²) in [6.45, 7) is 0.571. The number of benzene rings is 2. The molecule has 0 aliphatic rings. The third kappa shape index (κ3) is 2.67. The number of phenols is 3. The van der Waals surface area contributed by atoms with E-state index in [0.29, 0.717) is 29.3 Å². The number of aromatic hydroxyl groups is 3. The fraction of sp³-hybridized carbons (Fsp3) is 0.0500. The fourth-order valence-corrected chi connectivity index (χ4v) is 2.89. The molecule has 6 nitrogen and oxygen atoms in total. The topological polar surface area (TPSA) is 90.0 Å². The molecule has 0 radical (unpaired) electrons. The van der Waals surface area contributed by atoms with Crippen molar-refractivity contribution in [3.05, 3.63) is 72.4 Å². The Morgan fingerprint density at radius 2 is 1.62 bits per heavy atom. The van der Waals surface area contributed by atoms with Gasteiger partial charge in [-0.3, -0.25) is 4.40 Å². The Bertz CT molecular complexity index is 1070. The second-order valence-corrected chi connectivity index (χ2v) is 5.91. The standard InChI is InChI=1S/C20H17N3O3/c24-15-10-9-14(18(25)19(15)26)17-20(21-12-13-6-2-1-3-7-13)23-11-5-4-8-16(23)22-17/h1-11,21,24-26H,12H2. The van der Waals surface area contributed by atoms with Crippen LogP contribution in [0.2, 0.25) is 0 Å². The molecule has 2 heterocycles. The summed E-state index contributed by atoms with van der Waals surface area (Å²) in [7, 11) is 0. The van der Waals surface area contributed by atoms with E-state index in [4.69, 9.17) is 0 Å². The molecule has 2 aromatic carbocycles. The van der Waals surface area contributed by atoms with Crippen LogP contribution < -0.4 is 5.32 Å². The number of phenolic OH excluding ortho intramolecular Hbond substituents is 3. The molecular formula is C20H17N3O3. The third-order valence-electron chi connectivity index (χ3n) is 4.22. The monoisotopic (exact) mass is 347 g/mol. The number of rotatable bonds is 4. The van der Waals surface area contributed by atoms with E-state index < -0.39 is 11.5 Å².